The lowest BCUT2D eigenvalue weighted by molar-refractivity contribution is 0.0910. The summed E-state index contributed by atoms with van der Waals surface area (Å²) in [5.74, 6) is -1.02. The Morgan fingerprint density at radius 3 is 2.85 bits per heavy atom. The largest absolute Gasteiger partial charge is 0.349 e. The molecule has 4 nitrogen and oxygen atoms in total. The maximum absolute atomic E-state index is 13.6. The zero-order valence-corrected chi connectivity index (χ0v) is 11.7. The number of benzene rings is 1. The third kappa shape index (κ3) is 3.69. The molecule has 1 fully saturated rings. The molecule has 0 spiro atoms. The molecule has 0 atom stereocenters. The van der Waals surface area contributed by atoms with Crippen LogP contribution in [-0.2, 0) is 0 Å². The molecule has 1 aliphatic rings. The molecule has 106 valence electrons. The highest BCUT2D eigenvalue weighted by molar-refractivity contribution is 6.31. The van der Waals surface area contributed by atoms with Crippen LogP contribution in [0.1, 0.15) is 23.2 Å². The molecule has 1 N–H and O–H groups in total. The van der Waals surface area contributed by atoms with Crippen LogP contribution in [-0.4, -0.2) is 36.5 Å². The second kappa shape index (κ2) is 6.69. The first-order valence-electron chi connectivity index (χ1n) is 6.45. The number of amides is 1. The van der Waals surface area contributed by atoms with Crippen molar-refractivity contribution in [3.63, 3.8) is 0 Å². The molecule has 0 radical (unpaired) electrons. The van der Waals surface area contributed by atoms with E-state index < -0.39 is 11.7 Å². The maximum Gasteiger partial charge on any atom is 0.254 e. The predicted molar refractivity (Wildman–Crippen MR) is 74.0 cm³/mol. The van der Waals surface area contributed by atoms with Gasteiger partial charge in [0, 0.05) is 24.2 Å². The van der Waals surface area contributed by atoms with Gasteiger partial charge in [-0.3, -0.25) is 9.69 Å². The van der Waals surface area contributed by atoms with Gasteiger partial charge in [-0.1, -0.05) is 11.6 Å². The Morgan fingerprint density at radius 2 is 2.20 bits per heavy atom. The van der Waals surface area contributed by atoms with Crippen LogP contribution in [0.4, 0.5) is 4.39 Å². The number of nitrogens with one attached hydrogen (secondary N) is 1. The van der Waals surface area contributed by atoms with E-state index in [-0.39, 0.29) is 11.6 Å². The monoisotopic (exact) mass is 295 g/mol. The molecule has 1 saturated heterocycles. The minimum Gasteiger partial charge on any atom is -0.349 e. The molecule has 1 aromatic rings. The van der Waals surface area contributed by atoms with Gasteiger partial charge in [-0.05, 0) is 31.0 Å². The second-order valence-electron chi connectivity index (χ2n) is 4.81. The molecular formula is C14H15ClFN3O. The van der Waals surface area contributed by atoms with E-state index in [1.807, 2.05) is 4.90 Å². The average molecular weight is 296 g/mol. The molecule has 1 aliphatic heterocycles. The molecule has 0 saturated carbocycles. The van der Waals surface area contributed by atoms with Gasteiger partial charge >= 0.3 is 0 Å². The summed E-state index contributed by atoms with van der Waals surface area (Å²) in [4.78, 5) is 14.0. The van der Waals surface area contributed by atoms with E-state index >= 15 is 0 Å². The van der Waals surface area contributed by atoms with Crippen LogP contribution in [0.25, 0.3) is 0 Å². The fourth-order valence-electron chi connectivity index (χ4n) is 2.27. The number of piperidine rings is 1. The summed E-state index contributed by atoms with van der Waals surface area (Å²) >= 11 is 5.77. The molecule has 6 heteroatoms. The lowest BCUT2D eigenvalue weighted by atomic mass is 10.0. The highest BCUT2D eigenvalue weighted by atomic mass is 35.5. The first-order valence-corrected chi connectivity index (χ1v) is 6.83. The maximum atomic E-state index is 13.6. The summed E-state index contributed by atoms with van der Waals surface area (Å²) in [7, 11) is 0. The first kappa shape index (κ1) is 14.8. The van der Waals surface area contributed by atoms with Gasteiger partial charge in [0.2, 0.25) is 0 Å². The lowest BCUT2D eigenvalue weighted by Gasteiger charge is -2.30. The molecule has 0 bridgehead atoms. The fraction of sp³-hybridized carbons (Fsp3) is 0.429. The van der Waals surface area contributed by atoms with Crippen molar-refractivity contribution in [3.8, 4) is 6.07 Å². The summed E-state index contributed by atoms with van der Waals surface area (Å²) in [5.41, 5.74) is -0.0306. The molecule has 1 heterocycles. The van der Waals surface area contributed by atoms with E-state index in [2.05, 4.69) is 11.4 Å². The summed E-state index contributed by atoms with van der Waals surface area (Å²) < 4.78 is 13.6. The van der Waals surface area contributed by atoms with Crippen LogP contribution >= 0.6 is 11.6 Å². The van der Waals surface area contributed by atoms with Crippen LogP contribution in [0.2, 0.25) is 5.02 Å². The highest BCUT2D eigenvalue weighted by Gasteiger charge is 2.22. The average Bonchev–Trinajstić information content (AvgIpc) is 2.44. The van der Waals surface area contributed by atoms with Crippen molar-refractivity contribution < 1.29 is 9.18 Å². The van der Waals surface area contributed by atoms with Gasteiger partial charge < -0.3 is 5.32 Å². The van der Waals surface area contributed by atoms with Crippen LogP contribution in [0.3, 0.4) is 0 Å². The summed E-state index contributed by atoms with van der Waals surface area (Å²) in [6.07, 6.45) is 1.52. The molecule has 20 heavy (non-hydrogen) atoms. The van der Waals surface area contributed by atoms with E-state index in [1.54, 1.807) is 0 Å². The van der Waals surface area contributed by atoms with E-state index in [9.17, 15) is 9.18 Å². The van der Waals surface area contributed by atoms with Crippen molar-refractivity contribution in [2.75, 3.05) is 19.6 Å². The Balaban J connectivity index is 1.93. The van der Waals surface area contributed by atoms with Crippen molar-refractivity contribution in [3.05, 3.63) is 34.6 Å². The van der Waals surface area contributed by atoms with Gasteiger partial charge in [-0.25, -0.2) is 4.39 Å². The Bertz CT molecular complexity index is 536. The van der Waals surface area contributed by atoms with E-state index in [0.29, 0.717) is 11.6 Å². The standard InChI is InChI=1S/C14H15ClFN3O/c15-10-1-2-13(16)12(9-10)14(20)18-11-3-6-19(7-4-11)8-5-17/h1-2,9,11H,3-4,6-8H2,(H,18,20). The van der Waals surface area contributed by atoms with Crippen LogP contribution in [0.15, 0.2) is 18.2 Å². The van der Waals surface area contributed by atoms with Gasteiger partial charge in [-0.2, -0.15) is 5.26 Å². The number of carbonyl (C=O) groups is 1. The second-order valence-corrected chi connectivity index (χ2v) is 5.24. The smallest absolute Gasteiger partial charge is 0.254 e. The van der Waals surface area contributed by atoms with Crippen molar-refractivity contribution in [1.82, 2.24) is 10.2 Å². The molecule has 1 aromatic carbocycles. The SMILES string of the molecule is N#CCN1CCC(NC(=O)c2cc(Cl)ccc2F)CC1. The number of likely N-dealkylation sites (tertiary alicyclic amines) is 1. The third-order valence-electron chi connectivity index (χ3n) is 3.39. The minimum atomic E-state index is -0.575. The van der Waals surface area contributed by atoms with Gasteiger partial charge in [0.25, 0.3) is 5.91 Å². The topological polar surface area (TPSA) is 56.1 Å². The quantitative estimate of drug-likeness (QED) is 0.870. The fourth-order valence-corrected chi connectivity index (χ4v) is 2.44. The van der Waals surface area contributed by atoms with Crippen molar-refractivity contribution in [2.45, 2.75) is 18.9 Å². The lowest BCUT2D eigenvalue weighted by Crippen LogP contribution is -2.44. The van der Waals surface area contributed by atoms with Gasteiger partial charge in [0.05, 0.1) is 18.2 Å². The molecular weight excluding hydrogens is 281 g/mol. The van der Waals surface area contributed by atoms with Crippen LogP contribution in [0.5, 0.6) is 0 Å². The van der Waals surface area contributed by atoms with E-state index in [0.717, 1.165) is 25.9 Å². The van der Waals surface area contributed by atoms with E-state index in [4.69, 9.17) is 16.9 Å². The number of carbonyl (C=O) groups excluding carboxylic acids is 1. The zero-order chi connectivity index (χ0) is 14.5. The van der Waals surface area contributed by atoms with Crippen LogP contribution in [0, 0.1) is 17.1 Å². The summed E-state index contributed by atoms with van der Waals surface area (Å²) in [5, 5.41) is 11.8. The number of nitriles is 1. The highest BCUT2D eigenvalue weighted by Crippen LogP contribution is 2.16. The summed E-state index contributed by atoms with van der Waals surface area (Å²) in [6, 6.07) is 6.05. The van der Waals surface area contributed by atoms with Crippen molar-refractivity contribution in [2.24, 2.45) is 0 Å². The third-order valence-corrected chi connectivity index (χ3v) is 3.63. The molecule has 0 aliphatic carbocycles. The Morgan fingerprint density at radius 1 is 1.50 bits per heavy atom. The van der Waals surface area contributed by atoms with Gasteiger partial charge in [-0.15, -0.1) is 0 Å². The van der Waals surface area contributed by atoms with Gasteiger partial charge in [0.15, 0.2) is 0 Å². The first-order chi connectivity index (χ1) is 9.60. The normalized spacial score (nSPS) is 16.6. The van der Waals surface area contributed by atoms with Gasteiger partial charge in [0.1, 0.15) is 5.82 Å². The summed E-state index contributed by atoms with van der Waals surface area (Å²) in [6.45, 7) is 1.93. The Hall–Kier alpha value is -1.64. The number of hydrogen-bond donors (Lipinski definition) is 1. The molecule has 1 amide bonds. The molecule has 0 aromatic heterocycles. The molecule has 2 rings (SSSR count). The number of nitrogens with zero attached hydrogens (tertiary/aromatic N) is 2. The van der Waals surface area contributed by atoms with Crippen molar-refractivity contribution >= 4 is 17.5 Å². The number of hydrogen-bond acceptors (Lipinski definition) is 3. The number of halogens is 2. The Kier molecular flexibility index (Phi) is 4.94. The minimum absolute atomic E-state index is 0.0100. The Labute approximate surface area is 122 Å². The van der Waals surface area contributed by atoms with E-state index in [1.165, 1.54) is 18.2 Å². The predicted octanol–water partition coefficient (Wildman–Crippen LogP) is 2.20. The molecule has 0 unspecified atom stereocenters. The van der Waals surface area contributed by atoms with Crippen molar-refractivity contribution in [1.29, 1.82) is 5.26 Å². The zero-order valence-electron chi connectivity index (χ0n) is 10.9. The number of rotatable bonds is 3. The van der Waals surface area contributed by atoms with Crippen LogP contribution < -0.4 is 5.32 Å².